The van der Waals surface area contributed by atoms with Crippen LogP contribution in [0.2, 0.25) is 0 Å². The Hall–Kier alpha value is -0.270. The second-order valence-electron chi connectivity index (χ2n) is 11.0. The second kappa shape index (κ2) is 23.8. The number of rotatable bonds is 27. The van der Waals surface area contributed by atoms with E-state index in [1.807, 2.05) is 21.1 Å². The van der Waals surface area contributed by atoms with Gasteiger partial charge in [-0.1, -0.05) is 89.7 Å². The van der Waals surface area contributed by atoms with Crippen molar-refractivity contribution in [2.45, 2.75) is 116 Å². The molecule has 0 aromatic carbocycles. The molecule has 0 fully saturated rings. The predicted molar refractivity (Wildman–Crippen MR) is 148 cm³/mol. The van der Waals surface area contributed by atoms with Crippen LogP contribution in [0, 0.1) is 0 Å². The van der Waals surface area contributed by atoms with Gasteiger partial charge in [-0.2, -0.15) is 0 Å². The molecule has 36 heavy (non-hydrogen) atoms. The van der Waals surface area contributed by atoms with Gasteiger partial charge in [-0.05, 0) is 32.1 Å². The molecule has 8 heteroatoms. The molecule has 216 valence electrons. The Balaban J connectivity index is 3.39. The van der Waals surface area contributed by atoms with Crippen LogP contribution in [0.4, 0.5) is 0 Å². The normalized spacial score (nSPS) is 14.9. The van der Waals surface area contributed by atoms with Gasteiger partial charge < -0.3 is 28.3 Å². The van der Waals surface area contributed by atoms with Crippen molar-refractivity contribution in [3.63, 3.8) is 0 Å². The molecule has 7 nitrogen and oxygen atoms in total. The first-order chi connectivity index (χ1) is 17.2. The Morgan fingerprint density at radius 2 is 1.25 bits per heavy atom. The van der Waals surface area contributed by atoms with Gasteiger partial charge in [0, 0.05) is 6.61 Å². The Morgan fingerprint density at radius 3 is 1.78 bits per heavy atom. The quantitative estimate of drug-likeness (QED) is 0.0568. The smallest absolute Gasteiger partial charge is 0.268 e. The summed E-state index contributed by atoms with van der Waals surface area (Å²) in [5.41, 5.74) is 0. The summed E-state index contributed by atoms with van der Waals surface area (Å²) in [4.78, 5) is 11.7. The minimum Gasteiger partial charge on any atom is -0.756 e. The van der Waals surface area contributed by atoms with Crippen LogP contribution in [0.15, 0.2) is 12.2 Å². The lowest BCUT2D eigenvalue weighted by molar-refractivity contribution is -0.870. The van der Waals surface area contributed by atoms with Crippen LogP contribution in [0.25, 0.3) is 0 Å². The Kier molecular flexibility index (Phi) is 23.6. The first kappa shape index (κ1) is 35.7. The lowest BCUT2D eigenvalue weighted by atomic mass is 10.1. The maximum atomic E-state index is 11.7. The summed E-state index contributed by atoms with van der Waals surface area (Å²) in [6.07, 6.45) is 24.2. The summed E-state index contributed by atoms with van der Waals surface area (Å²) in [5, 5.41) is 9.85. The molecule has 2 unspecified atom stereocenters. The van der Waals surface area contributed by atoms with E-state index in [9.17, 15) is 14.6 Å². The molecule has 0 aromatic rings. The minimum absolute atomic E-state index is 0.0492. The van der Waals surface area contributed by atoms with E-state index in [4.69, 9.17) is 13.8 Å². The van der Waals surface area contributed by atoms with Crippen LogP contribution >= 0.6 is 7.82 Å². The molecule has 0 rings (SSSR count). The molecular weight excluding hydrogens is 477 g/mol. The standard InChI is InChI=1S/C28H58NO6P/c1-5-6-7-8-9-10-11-12-13-14-15-16-17-18-19-20-21-22-24-33-26-28(30)27-35-36(31,32)34-25-23-29(2,3)4/h12-13,28,30H,5-11,14-27H2,1-4H3/b13-12-. The van der Waals surface area contributed by atoms with Crippen molar-refractivity contribution < 1.29 is 32.8 Å². The van der Waals surface area contributed by atoms with Gasteiger partial charge >= 0.3 is 0 Å². The van der Waals surface area contributed by atoms with Crippen molar-refractivity contribution >= 4 is 7.82 Å². The molecule has 0 aliphatic carbocycles. The number of nitrogens with zero attached hydrogens (tertiary/aromatic N) is 1. The number of phosphoric ester groups is 1. The van der Waals surface area contributed by atoms with Crippen molar-refractivity contribution in [3.05, 3.63) is 12.2 Å². The van der Waals surface area contributed by atoms with E-state index in [0.29, 0.717) is 17.6 Å². The molecule has 0 bridgehead atoms. The van der Waals surface area contributed by atoms with E-state index in [1.165, 1.54) is 89.9 Å². The van der Waals surface area contributed by atoms with Crippen LogP contribution in [-0.2, 0) is 18.3 Å². The van der Waals surface area contributed by atoms with Gasteiger partial charge in [0.15, 0.2) is 0 Å². The van der Waals surface area contributed by atoms with Crippen LogP contribution < -0.4 is 4.89 Å². The molecular formula is C28H58NO6P. The van der Waals surface area contributed by atoms with Gasteiger partial charge in [-0.25, -0.2) is 0 Å². The Bertz CT molecular complexity index is 553. The van der Waals surface area contributed by atoms with Crippen molar-refractivity contribution in [3.8, 4) is 0 Å². The Morgan fingerprint density at radius 1 is 0.750 bits per heavy atom. The average molecular weight is 536 g/mol. The van der Waals surface area contributed by atoms with Gasteiger partial charge in [-0.3, -0.25) is 4.57 Å². The first-order valence-electron chi connectivity index (χ1n) is 14.5. The summed E-state index contributed by atoms with van der Waals surface area (Å²) >= 11 is 0. The maximum Gasteiger partial charge on any atom is 0.268 e. The fourth-order valence-corrected chi connectivity index (χ4v) is 4.45. The zero-order chi connectivity index (χ0) is 27.0. The number of allylic oxidation sites excluding steroid dienone is 2. The fourth-order valence-electron chi connectivity index (χ4n) is 3.71. The van der Waals surface area contributed by atoms with Gasteiger partial charge in [0.25, 0.3) is 7.82 Å². The highest BCUT2D eigenvalue weighted by Gasteiger charge is 2.15. The van der Waals surface area contributed by atoms with Crippen molar-refractivity contribution in [2.75, 3.05) is 54.1 Å². The summed E-state index contributed by atoms with van der Waals surface area (Å²) in [7, 11) is 1.44. The zero-order valence-corrected chi connectivity index (χ0v) is 24.9. The molecule has 0 saturated heterocycles. The molecule has 0 saturated carbocycles. The van der Waals surface area contributed by atoms with E-state index < -0.39 is 13.9 Å². The molecule has 0 amide bonds. The molecule has 0 aliphatic heterocycles. The van der Waals surface area contributed by atoms with Crippen molar-refractivity contribution in [1.29, 1.82) is 0 Å². The molecule has 0 spiro atoms. The number of hydrogen-bond donors (Lipinski definition) is 1. The van der Waals surface area contributed by atoms with Gasteiger partial charge in [-0.15, -0.1) is 0 Å². The topological polar surface area (TPSA) is 88.0 Å². The van der Waals surface area contributed by atoms with Gasteiger partial charge in [0.05, 0.1) is 34.4 Å². The summed E-state index contributed by atoms with van der Waals surface area (Å²) in [6.45, 7) is 3.14. The summed E-state index contributed by atoms with van der Waals surface area (Å²) < 4.78 is 27.3. The third-order valence-electron chi connectivity index (χ3n) is 6.05. The number of unbranched alkanes of at least 4 members (excludes halogenated alkanes) is 14. The SMILES string of the molecule is CCCCCCCC/C=C\CCCCCCCCCCOCC(O)COP(=O)([O-])OCC[N+](C)(C)C. The highest BCUT2D eigenvalue weighted by molar-refractivity contribution is 7.45. The minimum atomic E-state index is -4.39. The third-order valence-corrected chi connectivity index (χ3v) is 7.01. The van der Waals surface area contributed by atoms with Gasteiger partial charge in [0.1, 0.15) is 19.3 Å². The summed E-state index contributed by atoms with van der Waals surface area (Å²) in [5.74, 6) is 0. The fraction of sp³-hybridized carbons (Fsp3) is 0.929. The maximum absolute atomic E-state index is 11.7. The van der Waals surface area contributed by atoms with E-state index in [0.717, 1.165) is 12.8 Å². The van der Waals surface area contributed by atoms with Gasteiger partial charge in [0.2, 0.25) is 0 Å². The molecule has 1 N–H and O–H groups in total. The predicted octanol–water partition coefficient (Wildman–Crippen LogP) is 6.39. The largest absolute Gasteiger partial charge is 0.756 e. The van der Waals surface area contributed by atoms with E-state index in [2.05, 4.69) is 19.1 Å². The number of likely N-dealkylation sites (N-methyl/N-ethyl adjacent to an activating group) is 1. The number of hydrogen-bond acceptors (Lipinski definition) is 6. The monoisotopic (exact) mass is 535 g/mol. The van der Waals surface area contributed by atoms with Crippen LogP contribution in [-0.4, -0.2) is 69.8 Å². The molecule has 0 radical (unpaired) electrons. The van der Waals surface area contributed by atoms with E-state index in [-0.39, 0.29) is 19.8 Å². The van der Waals surface area contributed by atoms with E-state index >= 15 is 0 Å². The molecule has 0 aliphatic rings. The third kappa shape index (κ3) is 28.3. The lowest BCUT2D eigenvalue weighted by Gasteiger charge is -2.27. The second-order valence-corrected chi connectivity index (χ2v) is 12.4. The van der Waals surface area contributed by atoms with Crippen LogP contribution in [0.5, 0.6) is 0 Å². The molecule has 0 aromatic heterocycles. The number of quaternary nitrogens is 1. The lowest BCUT2D eigenvalue weighted by Crippen LogP contribution is -2.37. The van der Waals surface area contributed by atoms with Crippen molar-refractivity contribution in [1.82, 2.24) is 0 Å². The molecule has 0 heterocycles. The first-order valence-corrected chi connectivity index (χ1v) is 15.9. The number of aliphatic hydroxyl groups excluding tert-OH is 1. The van der Waals surface area contributed by atoms with Crippen molar-refractivity contribution in [2.24, 2.45) is 0 Å². The average Bonchev–Trinajstić information content (AvgIpc) is 2.80. The number of aliphatic hydroxyl groups is 1. The Labute approximate surface area is 222 Å². The van der Waals surface area contributed by atoms with Crippen LogP contribution in [0.1, 0.15) is 110 Å². The number of phosphoric acid groups is 1. The number of ether oxygens (including phenoxy) is 1. The van der Waals surface area contributed by atoms with Crippen LogP contribution in [0.3, 0.4) is 0 Å². The van der Waals surface area contributed by atoms with E-state index in [1.54, 1.807) is 0 Å². The summed E-state index contributed by atoms with van der Waals surface area (Å²) in [6, 6.07) is 0. The highest BCUT2D eigenvalue weighted by Crippen LogP contribution is 2.38. The highest BCUT2D eigenvalue weighted by atomic mass is 31.2. The zero-order valence-electron chi connectivity index (χ0n) is 24.0. The molecule has 2 atom stereocenters.